The van der Waals surface area contributed by atoms with Gasteiger partial charge in [-0.25, -0.2) is 4.68 Å². The van der Waals surface area contributed by atoms with Crippen LogP contribution < -0.4 is 0 Å². The van der Waals surface area contributed by atoms with Crippen LogP contribution in [0.5, 0.6) is 0 Å². The smallest absolute Gasteiger partial charge is 0.258 e. The van der Waals surface area contributed by atoms with E-state index in [1.807, 2.05) is 42.5 Å². The Balaban J connectivity index is 1.99. The minimum Gasteiger partial charge on any atom is -0.258 e. The predicted octanol–water partition coefficient (Wildman–Crippen LogP) is 4.98. The molecule has 1 heterocycles. The van der Waals surface area contributed by atoms with Crippen molar-refractivity contribution in [2.24, 2.45) is 0 Å². The van der Waals surface area contributed by atoms with Crippen LogP contribution in [0.3, 0.4) is 0 Å². The zero-order valence-corrected chi connectivity index (χ0v) is 15.2. The maximum Gasteiger partial charge on any atom is 0.280 e. The van der Waals surface area contributed by atoms with E-state index in [1.165, 1.54) is 6.07 Å². The number of nitro groups is 1. The summed E-state index contributed by atoms with van der Waals surface area (Å²) < 4.78 is 1.97. The summed E-state index contributed by atoms with van der Waals surface area (Å²) in [5.41, 5.74) is 1.71. The van der Waals surface area contributed by atoms with Gasteiger partial charge in [-0.1, -0.05) is 65.4 Å². The number of hydrogen-bond acceptors (Lipinski definition) is 4. The Labute approximate surface area is 157 Å². The van der Waals surface area contributed by atoms with E-state index in [2.05, 4.69) is 26.2 Å². The Morgan fingerprint density at radius 3 is 2.68 bits per heavy atom. The van der Waals surface area contributed by atoms with Crippen molar-refractivity contribution >= 4 is 39.3 Å². The standard InChI is InChI=1S/C17H12BrClN4O2/c18-17-16(15-13(19)9-4-10-14(15)23(24)25)22(21-20-17)11-5-8-12-6-2-1-3-7-12/h1-10H,11H2/b8-5+. The van der Waals surface area contributed by atoms with Gasteiger partial charge in [0.2, 0.25) is 0 Å². The van der Waals surface area contributed by atoms with Crippen LogP contribution in [0.4, 0.5) is 5.69 Å². The molecule has 0 unspecified atom stereocenters. The fourth-order valence-electron chi connectivity index (χ4n) is 2.40. The third-order valence-electron chi connectivity index (χ3n) is 3.51. The summed E-state index contributed by atoms with van der Waals surface area (Å²) in [5.74, 6) is 0. The molecule has 0 amide bonds. The molecule has 0 N–H and O–H groups in total. The third-order valence-corrected chi connectivity index (χ3v) is 4.36. The number of rotatable bonds is 5. The van der Waals surface area contributed by atoms with Gasteiger partial charge >= 0.3 is 0 Å². The zero-order chi connectivity index (χ0) is 17.8. The van der Waals surface area contributed by atoms with Crippen LogP contribution in [-0.2, 0) is 6.54 Å². The number of halogens is 2. The quantitative estimate of drug-likeness (QED) is 0.432. The number of hydrogen-bond donors (Lipinski definition) is 0. The first-order valence-corrected chi connectivity index (χ1v) is 8.49. The van der Waals surface area contributed by atoms with Crippen LogP contribution in [0, 0.1) is 10.1 Å². The highest BCUT2D eigenvalue weighted by Gasteiger charge is 2.24. The monoisotopic (exact) mass is 418 g/mol. The molecular formula is C17H12BrClN4O2. The van der Waals surface area contributed by atoms with Gasteiger partial charge in [-0.3, -0.25) is 10.1 Å². The van der Waals surface area contributed by atoms with E-state index >= 15 is 0 Å². The molecule has 0 bridgehead atoms. The highest BCUT2D eigenvalue weighted by atomic mass is 79.9. The fraction of sp³-hybridized carbons (Fsp3) is 0.0588. The molecule has 0 spiro atoms. The molecule has 0 atom stereocenters. The predicted molar refractivity (Wildman–Crippen MR) is 100 cm³/mol. The van der Waals surface area contributed by atoms with Crippen LogP contribution in [0.2, 0.25) is 5.02 Å². The molecule has 8 heteroatoms. The second-order valence-electron chi connectivity index (χ2n) is 5.12. The molecule has 126 valence electrons. The van der Waals surface area contributed by atoms with Gasteiger partial charge in [0.25, 0.3) is 5.69 Å². The van der Waals surface area contributed by atoms with E-state index in [-0.39, 0.29) is 10.7 Å². The summed E-state index contributed by atoms with van der Waals surface area (Å²) in [6, 6.07) is 14.4. The Bertz CT molecular complexity index is 941. The van der Waals surface area contributed by atoms with Crippen molar-refractivity contribution in [3.8, 4) is 11.3 Å². The second kappa shape index (κ2) is 7.58. The lowest BCUT2D eigenvalue weighted by Crippen LogP contribution is -2.03. The van der Waals surface area contributed by atoms with Gasteiger partial charge in [0.1, 0.15) is 5.69 Å². The lowest BCUT2D eigenvalue weighted by molar-refractivity contribution is -0.384. The molecule has 0 aliphatic carbocycles. The van der Waals surface area contributed by atoms with E-state index in [1.54, 1.807) is 16.8 Å². The lowest BCUT2D eigenvalue weighted by Gasteiger charge is -2.07. The molecule has 6 nitrogen and oxygen atoms in total. The van der Waals surface area contributed by atoms with Crippen LogP contribution in [0.1, 0.15) is 5.56 Å². The maximum atomic E-state index is 11.4. The summed E-state index contributed by atoms with van der Waals surface area (Å²) in [7, 11) is 0. The summed E-state index contributed by atoms with van der Waals surface area (Å²) in [5, 5.41) is 19.7. The fourth-order valence-corrected chi connectivity index (χ4v) is 3.14. The summed E-state index contributed by atoms with van der Waals surface area (Å²) >= 11 is 9.53. The van der Waals surface area contributed by atoms with Gasteiger partial charge in [-0.2, -0.15) is 0 Å². The van der Waals surface area contributed by atoms with E-state index in [9.17, 15) is 10.1 Å². The van der Waals surface area contributed by atoms with E-state index in [0.29, 0.717) is 22.4 Å². The van der Waals surface area contributed by atoms with E-state index in [0.717, 1.165) is 5.56 Å². The molecule has 25 heavy (non-hydrogen) atoms. The molecule has 0 saturated carbocycles. The van der Waals surface area contributed by atoms with Gasteiger partial charge in [0.15, 0.2) is 4.60 Å². The van der Waals surface area contributed by atoms with Gasteiger partial charge in [-0.05, 0) is 27.6 Å². The number of nitrogens with zero attached hydrogens (tertiary/aromatic N) is 4. The van der Waals surface area contributed by atoms with Crippen LogP contribution in [-0.4, -0.2) is 19.9 Å². The number of nitro benzene ring substituents is 1. The third kappa shape index (κ3) is 3.78. The van der Waals surface area contributed by atoms with Crippen molar-refractivity contribution in [3.05, 3.63) is 79.9 Å². The van der Waals surface area contributed by atoms with Crippen molar-refractivity contribution in [1.82, 2.24) is 15.0 Å². The van der Waals surface area contributed by atoms with Crippen molar-refractivity contribution < 1.29 is 4.92 Å². The highest BCUT2D eigenvalue weighted by Crippen LogP contribution is 2.39. The second-order valence-corrected chi connectivity index (χ2v) is 6.27. The van der Waals surface area contributed by atoms with E-state index < -0.39 is 4.92 Å². The van der Waals surface area contributed by atoms with Gasteiger partial charge < -0.3 is 0 Å². The van der Waals surface area contributed by atoms with Crippen molar-refractivity contribution in [2.45, 2.75) is 6.54 Å². The van der Waals surface area contributed by atoms with Crippen molar-refractivity contribution in [2.75, 3.05) is 0 Å². The summed E-state index contributed by atoms with van der Waals surface area (Å²) in [6.07, 6.45) is 3.85. The molecule has 1 aromatic heterocycles. The first-order chi connectivity index (χ1) is 12.1. The Morgan fingerprint density at radius 1 is 1.20 bits per heavy atom. The first-order valence-electron chi connectivity index (χ1n) is 7.32. The number of benzene rings is 2. The molecule has 0 aliphatic rings. The normalized spacial score (nSPS) is 11.1. The van der Waals surface area contributed by atoms with Crippen LogP contribution >= 0.6 is 27.5 Å². The zero-order valence-electron chi connectivity index (χ0n) is 12.8. The summed E-state index contributed by atoms with van der Waals surface area (Å²) in [6.45, 7) is 0.394. The SMILES string of the molecule is O=[N+]([O-])c1cccc(Cl)c1-c1c(Br)nnn1C/C=C/c1ccccc1. The first kappa shape index (κ1) is 17.3. The minimum absolute atomic E-state index is 0.0937. The average molecular weight is 420 g/mol. The molecule has 0 aliphatic heterocycles. The molecular weight excluding hydrogens is 408 g/mol. The van der Waals surface area contributed by atoms with Gasteiger partial charge in [0, 0.05) is 6.07 Å². The highest BCUT2D eigenvalue weighted by molar-refractivity contribution is 9.10. The van der Waals surface area contributed by atoms with Crippen LogP contribution in [0.15, 0.2) is 59.2 Å². The molecule has 2 aromatic carbocycles. The van der Waals surface area contributed by atoms with Crippen molar-refractivity contribution in [3.63, 3.8) is 0 Å². The molecule has 0 radical (unpaired) electrons. The molecule has 0 fully saturated rings. The number of allylic oxidation sites excluding steroid dienone is 1. The van der Waals surface area contributed by atoms with Gasteiger partial charge in [-0.15, -0.1) is 5.10 Å². The van der Waals surface area contributed by atoms with Crippen LogP contribution in [0.25, 0.3) is 17.3 Å². The molecule has 0 saturated heterocycles. The minimum atomic E-state index is -0.467. The van der Waals surface area contributed by atoms with Gasteiger partial charge in [0.05, 0.1) is 22.1 Å². The summed E-state index contributed by atoms with van der Waals surface area (Å²) in [4.78, 5) is 10.9. The maximum absolute atomic E-state index is 11.4. The Hall–Kier alpha value is -2.51. The Kier molecular flexibility index (Phi) is 5.25. The van der Waals surface area contributed by atoms with E-state index in [4.69, 9.17) is 11.6 Å². The largest absolute Gasteiger partial charge is 0.280 e. The topological polar surface area (TPSA) is 73.8 Å². The average Bonchev–Trinajstić information content (AvgIpc) is 2.96. The molecule has 3 aromatic rings. The molecule has 3 rings (SSSR count). The van der Waals surface area contributed by atoms with Crippen molar-refractivity contribution in [1.29, 1.82) is 0 Å². The number of aromatic nitrogens is 3. The Morgan fingerprint density at radius 2 is 1.96 bits per heavy atom. The lowest BCUT2D eigenvalue weighted by atomic mass is 10.1.